The van der Waals surface area contributed by atoms with E-state index in [-0.39, 0.29) is 137 Å². The van der Waals surface area contributed by atoms with Crippen LogP contribution in [-0.4, -0.2) is 104 Å². The van der Waals surface area contributed by atoms with Crippen molar-refractivity contribution >= 4 is 38.7 Å². The van der Waals surface area contributed by atoms with Crippen LogP contribution in [0.3, 0.4) is 0 Å². The summed E-state index contributed by atoms with van der Waals surface area (Å²) in [5.74, 6) is -6.83. The third-order valence-electron chi connectivity index (χ3n) is 12.0. The fraction of sp³-hybridized carbons (Fsp3) is 0.839. The van der Waals surface area contributed by atoms with E-state index in [1.807, 2.05) is 0 Å². The fourth-order valence-electron chi connectivity index (χ4n) is 10.2. The Balaban J connectivity index is 0.00000378. The van der Waals surface area contributed by atoms with Gasteiger partial charge in [0.05, 0.1) is 36.2 Å². The summed E-state index contributed by atoms with van der Waals surface area (Å²) in [5, 5.41) is 47.5. The Labute approximate surface area is 396 Å². The average Bonchev–Trinajstić information content (AvgIpc) is 3.16. The van der Waals surface area contributed by atoms with E-state index in [1.54, 1.807) is 20.8 Å². The van der Waals surface area contributed by atoms with Gasteiger partial charge in [-0.2, -0.15) is 0 Å². The van der Waals surface area contributed by atoms with Crippen LogP contribution < -0.4 is 113 Å². The van der Waals surface area contributed by atoms with Crippen LogP contribution in [-0.2, 0) is 57.8 Å². The topological polar surface area (TPSA) is 298 Å². The summed E-state index contributed by atoms with van der Waals surface area (Å²) < 4.78 is 96.7. The maximum absolute atomic E-state index is 13.0. The molecule has 1 saturated heterocycles. The molecule has 1 heterocycles. The smallest absolute Gasteiger partial charge is 0.726 e. The molecule has 0 amide bonds. The molecule has 4 aliphatic carbocycles. The van der Waals surface area contributed by atoms with Crippen LogP contribution in [0.15, 0.2) is 12.2 Å². The van der Waals surface area contributed by atoms with Gasteiger partial charge in [-0.15, -0.1) is 0 Å². The molecule has 0 aromatic heterocycles. The first kappa shape index (κ1) is 48.4. The predicted molar refractivity (Wildman–Crippen MR) is 162 cm³/mol. The molecule has 5 rings (SSSR count). The molecule has 12 atom stereocenters. The Morgan fingerprint density at radius 1 is 0.943 bits per heavy atom. The summed E-state index contributed by atoms with van der Waals surface area (Å²) in [7, 11) is -11.5. The molecule has 1 aliphatic heterocycles. The maximum Gasteiger partial charge on any atom is 1.00 e. The molecule has 22 heteroatoms. The number of carboxylic acids is 2. The van der Waals surface area contributed by atoms with E-state index in [0.717, 1.165) is 0 Å². The minimum Gasteiger partial charge on any atom is -0.726 e. The molecule has 4 saturated carbocycles. The number of hydrogen-bond donors (Lipinski definition) is 2. The second-order valence-corrected chi connectivity index (χ2v) is 17.3. The van der Waals surface area contributed by atoms with Crippen LogP contribution in [0.5, 0.6) is 0 Å². The van der Waals surface area contributed by atoms with E-state index in [4.69, 9.17) is 14.2 Å². The van der Waals surface area contributed by atoms with Gasteiger partial charge < -0.3 is 53.3 Å². The van der Waals surface area contributed by atoms with Gasteiger partial charge in [-0.3, -0.25) is 13.2 Å². The zero-order valence-corrected chi connectivity index (χ0v) is 38.0. The Hall–Kier alpha value is 1.00. The maximum atomic E-state index is 13.0. The number of carboxylic acid groups (broad SMARTS) is 2. The van der Waals surface area contributed by atoms with Crippen molar-refractivity contribution in [2.75, 3.05) is 6.61 Å². The zero-order chi connectivity index (χ0) is 38.1. The first-order valence-corrected chi connectivity index (χ1v) is 19.3. The quantitative estimate of drug-likeness (QED) is 0.0351. The summed E-state index contributed by atoms with van der Waals surface area (Å²) in [6.07, 6.45) is -12.7. The summed E-state index contributed by atoms with van der Waals surface area (Å²) in [5.41, 5.74) is -3.95. The molecule has 0 unspecified atom stereocenters. The van der Waals surface area contributed by atoms with Crippen LogP contribution in [0.25, 0.3) is 0 Å². The summed E-state index contributed by atoms with van der Waals surface area (Å²) in [6, 6.07) is 0. The Morgan fingerprint density at radius 3 is 2.06 bits per heavy atom. The van der Waals surface area contributed by atoms with E-state index in [0.29, 0.717) is 31.3 Å². The van der Waals surface area contributed by atoms with Crippen LogP contribution in [0.1, 0.15) is 75.0 Å². The van der Waals surface area contributed by atoms with Crippen molar-refractivity contribution < 1.29 is 189 Å². The summed E-state index contributed by atoms with van der Waals surface area (Å²) in [6.45, 7) is 7.81. The minimum absolute atomic E-state index is 0. The van der Waals surface area contributed by atoms with Gasteiger partial charge in [0.2, 0.25) is 20.8 Å². The molecule has 5 aliphatic rings. The molecule has 18 nitrogen and oxygen atoms in total. The number of ether oxygens (including phenoxy) is 3. The van der Waals surface area contributed by atoms with Gasteiger partial charge in [0.25, 0.3) is 0 Å². The Morgan fingerprint density at radius 2 is 1.53 bits per heavy atom. The average molecular weight is 847 g/mol. The third-order valence-corrected chi connectivity index (χ3v) is 12.9. The Bertz CT molecular complexity index is 1640. The molecule has 5 fully saturated rings. The number of esters is 1. The molecule has 0 aromatic rings. The van der Waals surface area contributed by atoms with Crippen molar-refractivity contribution in [2.45, 2.75) is 115 Å². The predicted octanol–water partition coefficient (Wildman–Crippen LogP) is -8.00. The van der Waals surface area contributed by atoms with Gasteiger partial charge >= 0.3 is 112 Å². The van der Waals surface area contributed by atoms with Crippen molar-refractivity contribution in [3.8, 4) is 0 Å². The second-order valence-electron chi connectivity index (χ2n) is 15.3. The molecule has 53 heavy (non-hydrogen) atoms. The zero-order valence-electron chi connectivity index (χ0n) is 32.2. The molecule has 1 spiro atoms. The van der Waals surface area contributed by atoms with Crippen LogP contribution in [0.2, 0.25) is 0 Å². The van der Waals surface area contributed by atoms with Gasteiger partial charge in [0, 0.05) is 11.8 Å². The number of aliphatic hydroxyl groups is 2. The van der Waals surface area contributed by atoms with Gasteiger partial charge in [0.1, 0.15) is 18.3 Å². The van der Waals surface area contributed by atoms with Crippen molar-refractivity contribution in [3.05, 3.63) is 12.2 Å². The summed E-state index contributed by atoms with van der Waals surface area (Å²) >= 11 is 0. The number of fused-ring (bicyclic) bond motifs is 3. The summed E-state index contributed by atoms with van der Waals surface area (Å²) in [4.78, 5) is 38.9. The normalized spacial score (nSPS) is 39.1. The minimum atomic E-state index is -5.80. The molecular weight excluding hydrogens is 803 g/mol. The Kier molecular flexibility index (Phi) is 16.1. The SMILES string of the molecule is C=C1[C@H]2CC[C@@H]3[C@@]4(C)C[C@H](O[C@@H]5O[C@H](CO)[C@@H](OS(=O)(=O)[O-])[C@H](OS(=O)(=O)[O-])[C@H]5OC(=O)CC(C)C)CC(C(=O)[O-])(C(=O)[O-])[C@@H]4CC[C@@]3(C2)[C@H]1O.[H+].[H+].[K+].[K+]. The second kappa shape index (κ2) is 17.7. The largest absolute Gasteiger partial charge is 1.00 e. The molecule has 0 radical (unpaired) electrons. The fourth-order valence-corrected chi connectivity index (χ4v) is 11.2. The first-order valence-electron chi connectivity index (χ1n) is 16.7. The van der Waals surface area contributed by atoms with Crippen LogP contribution in [0, 0.1) is 39.9 Å². The number of aliphatic carboxylic acids is 2. The number of hydrogen-bond acceptors (Lipinski definition) is 18. The van der Waals surface area contributed by atoms with Crippen molar-refractivity contribution in [1.82, 2.24) is 0 Å². The molecule has 0 aromatic carbocycles. The van der Waals surface area contributed by atoms with Gasteiger partial charge in [-0.1, -0.05) is 27.4 Å². The third kappa shape index (κ3) is 9.42. The van der Waals surface area contributed by atoms with E-state index >= 15 is 0 Å². The first-order chi connectivity index (χ1) is 23.5. The van der Waals surface area contributed by atoms with Crippen molar-refractivity contribution in [3.63, 3.8) is 0 Å². The molecule has 2 bridgehead atoms. The standard InChI is InChI=1S/C31H46O18S2.2K/c1-14(2)9-21(33)47-24-23(49-51(42,43)44)22(48-50(39,40)41)18(13-32)46-26(24)45-17-11-29(4)19-6-5-16-10-30(19,25(34)15(16)3)8-7-20(29)31(12-17,27(35)36)28(37)38;;/h14,16-20,22-26,32,34H,3,5-13H2,1-2,4H3,(H,35,36)(H,37,38)(H,39,40,41)(H,42,43,44);;/q;2*+1/p-2/t16-,17-,18+,19+,20+,22+,23-,24+,25-,26+,29+,30-;;/m0../s1. The van der Waals surface area contributed by atoms with Crippen molar-refractivity contribution in [1.29, 1.82) is 0 Å². The number of rotatable bonds is 12. The molecule has 290 valence electrons. The van der Waals surface area contributed by atoms with E-state index < -0.39 is 123 Å². The van der Waals surface area contributed by atoms with E-state index in [2.05, 4.69) is 14.9 Å². The van der Waals surface area contributed by atoms with E-state index in [9.17, 15) is 60.8 Å². The van der Waals surface area contributed by atoms with Gasteiger partial charge in [-0.05, 0) is 79.6 Å². The van der Waals surface area contributed by atoms with Gasteiger partial charge in [-0.25, -0.2) is 16.8 Å². The van der Waals surface area contributed by atoms with E-state index in [1.165, 1.54) is 0 Å². The van der Waals surface area contributed by atoms with Gasteiger partial charge in [0.15, 0.2) is 12.4 Å². The van der Waals surface area contributed by atoms with Crippen LogP contribution in [0.4, 0.5) is 0 Å². The molecular formula is C31H44K2O18S2. The number of carbonyl (C=O) groups is 3. The van der Waals surface area contributed by atoms with Crippen LogP contribution >= 0.6 is 0 Å². The number of aliphatic hydroxyl groups excluding tert-OH is 2. The monoisotopic (exact) mass is 846 g/mol. The molecule has 2 N–H and O–H groups in total. The van der Waals surface area contributed by atoms with Crippen molar-refractivity contribution in [2.24, 2.45) is 39.9 Å². The number of carbonyl (C=O) groups excluding carboxylic acids is 3.